The zero-order valence-corrected chi connectivity index (χ0v) is 15.6. The molecule has 0 N–H and O–H groups in total. The highest BCUT2D eigenvalue weighted by molar-refractivity contribution is 6.21. The Morgan fingerprint density at radius 1 is 0.893 bits per heavy atom. The molecule has 0 saturated heterocycles. The van der Waals surface area contributed by atoms with Gasteiger partial charge in [-0.3, -0.25) is 19.3 Å². The van der Waals surface area contributed by atoms with Crippen LogP contribution in [0.2, 0.25) is 0 Å². The van der Waals surface area contributed by atoms with Crippen molar-refractivity contribution in [2.24, 2.45) is 0 Å². The number of carbonyl (C=O) groups is 3. The molecule has 0 atom stereocenters. The standard InChI is InChI=1S/C23H22N2O3/c26-21(24-15-12-18(13-16-24)17-7-2-1-3-8-17)11-6-14-25-22(27)19-9-4-5-10-20(19)23(25)28/h1-5,7-10,12H,6,11,13-16H2. The first-order chi connectivity index (χ1) is 13.6. The van der Waals surface area contributed by atoms with Crippen LogP contribution in [0.1, 0.15) is 45.5 Å². The van der Waals surface area contributed by atoms with Crippen LogP contribution in [0.3, 0.4) is 0 Å². The lowest BCUT2D eigenvalue weighted by Crippen LogP contribution is -2.36. The topological polar surface area (TPSA) is 57.7 Å². The summed E-state index contributed by atoms with van der Waals surface area (Å²) < 4.78 is 0. The van der Waals surface area contributed by atoms with E-state index in [9.17, 15) is 14.4 Å². The molecule has 2 heterocycles. The molecule has 0 fully saturated rings. The van der Waals surface area contributed by atoms with E-state index in [1.165, 1.54) is 16.0 Å². The lowest BCUT2D eigenvalue weighted by atomic mass is 9.99. The normalized spacial score (nSPS) is 16.2. The molecule has 0 spiro atoms. The van der Waals surface area contributed by atoms with Crippen molar-refractivity contribution >= 4 is 23.3 Å². The van der Waals surface area contributed by atoms with Crippen LogP contribution in [0.4, 0.5) is 0 Å². The van der Waals surface area contributed by atoms with Crippen LogP contribution in [0.5, 0.6) is 0 Å². The fourth-order valence-electron chi connectivity index (χ4n) is 3.80. The first-order valence-electron chi connectivity index (χ1n) is 9.62. The number of nitrogens with zero attached hydrogens (tertiary/aromatic N) is 2. The second kappa shape index (κ2) is 7.80. The van der Waals surface area contributed by atoms with Gasteiger partial charge in [-0.05, 0) is 36.1 Å². The van der Waals surface area contributed by atoms with Crippen LogP contribution in [0, 0.1) is 0 Å². The van der Waals surface area contributed by atoms with E-state index >= 15 is 0 Å². The Balaban J connectivity index is 1.29. The van der Waals surface area contributed by atoms with E-state index in [1.54, 1.807) is 24.3 Å². The maximum absolute atomic E-state index is 12.5. The molecule has 0 aromatic heterocycles. The predicted octanol–water partition coefficient (Wildman–Crippen LogP) is 3.38. The molecule has 0 aliphatic carbocycles. The quantitative estimate of drug-likeness (QED) is 0.754. The Bertz CT molecular complexity index is 914. The SMILES string of the molecule is O=C(CCCN1C(=O)c2ccccc2C1=O)N1CC=C(c2ccccc2)CC1. The van der Waals surface area contributed by atoms with Crippen LogP contribution in [-0.2, 0) is 4.79 Å². The molecule has 0 saturated carbocycles. The zero-order chi connectivity index (χ0) is 19.5. The van der Waals surface area contributed by atoms with Crippen LogP contribution in [-0.4, -0.2) is 47.2 Å². The number of amides is 3. The first-order valence-corrected chi connectivity index (χ1v) is 9.62. The zero-order valence-electron chi connectivity index (χ0n) is 15.6. The van der Waals surface area contributed by atoms with Crippen molar-refractivity contribution in [2.75, 3.05) is 19.6 Å². The Kier molecular flexibility index (Phi) is 5.06. The first kappa shape index (κ1) is 18.2. The Morgan fingerprint density at radius 3 is 2.14 bits per heavy atom. The second-order valence-corrected chi connectivity index (χ2v) is 7.10. The van der Waals surface area contributed by atoms with E-state index in [4.69, 9.17) is 0 Å². The van der Waals surface area contributed by atoms with Gasteiger partial charge in [0.15, 0.2) is 0 Å². The Morgan fingerprint density at radius 2 is 1.54 bits per heavy atom. The highest BCUT2D eigenvalue weighted by Crippen LogP contribution is 2.24. The van der Waals surface area contributed by atoms with Crippen molar-refractivity contribution in [3.63, 3.8) is 0 Å². The smallest absolute Gasteiger partial charge is 0.261 e. The van der Waals surface area contributed by atoms with Crippen LogP contribution in [0.25, 0.3) is 5.57 Å². The van der Waals surface area contributed by atoms with Gasteiger partial charge < -0.3 is 4.90 Å². The van der Waals surface area contributed by atoms with E-state index in [1.807, 2.05) is 23.1 Å². The number of benzene rings is 2. The van der Waals surface area contributed by atoms with Crippen molar-refractivity contribution in [3.8, 4) is 0 Å². The maximum Gasteiger partial charge on any atom is 0.261 e. The van der Waals surface area contributed by atoms with Gasteiger partial charge in [0.1, 0.15) is 0 Å². The number of carbonyl (C=O) groups excluding carboxylic acids is 3. The summed E-state index contributed by atoms with van der Waals surface area (Å²) in [4.78, 5) is 40.3. The average molecular weight is 374 g/mol. The van der Waals surface area contributed by atoms with Crippen molar-refractivity contribution < 1.29 is 14.4 Å². The van der Waals surface area contributed by atoms with Crippen molar-refractivity contribution in [2.45, 2.75) is 19.3 Å². The number of imide groups is 1. The van der Waals surface area contributed by atoms with Gasteiger partial charge in [-0.15, -0.1) is 0 Å². The molecule has 2 aromatic carbocycles. The van der Waals surface area contributed by atoms with Gasteiger partial charge in [0.05, 0.1) is 11.1 Å². The van der Waals surface area contributed by atoms with Gasteiger partial charge in [-0.2, -0.15) is 0 Å². The predicted molar refractivity (Wildman–Crippen MR) is 107 cm³/mol. The molecule has 4 rings (SSSR count). The van der Waals surface area contributed by atoms with E-state index in [0.717, 1.165) is 6.42 Å². The van der Waals surface area contributed by atoms with Crippen molar-refractivity contribution in [1.29, 1.82) is 0 Å². The average Bonchev–Trinajstić information content (AvgIpc) is 2.99. The molecule has 3 amide bonds. The molecule has 0 unspecified atom stereocenters. The molecule has 5 heteroatoms. The number of fused-ring (bicyclic) bond motifs is 1. The van der Waals surface area contributed by atoms with Gasteiger partial charge in [0, 0.05) is 26.1 Å². The monoisotopic (exact) mass is 374 g/mol. The van der Waals surface area contributed by atoms with E-state index in [0.29, 0.717) is 37.1 Å². The highest BCUT2D eigenvalue weighted by atomic mass is 16.2. The molecule has 0 bridgehead atoms. The summed E-state index contributed by atoms with van der Waals surface area (Å²) in [6.07, 6.45) is 3.77. The summed E-state index contributed by atoms with van der Waals surface area (Å²) >= 11 is 0. The molecular weight excluding hydrogens is 352 g/mol. The Hall–Kier alpha value is -3.21. The van der Waals surface area contributed by atoms with Gasteiger partial charge >= 0.3 is 0 Å². The summed E-state index contributed by atoms with van der Waals surface area (Å²) in [7, 11) is 0. The minimum absolute atomic E-state index is 0.0694. The molecule has 2 aliphatic heterocycles. The van der Waals surface area contributed by atoms with E-state index in [2.05, 4.69) is 18.2 Å². The van der Waals surface area contributed by atoms with Crippen LogP contribution in [0.15, 0.2) is 60.7 Å². The molecule has 2 aliphatic rings. The molecule has 142 valence electrons. The van der Waals surface area contributed by atoms with Gasteiger partial charge in [0.25, 0.3) is 11.8 Å². The molecule has 0 radical (unpaired) electrons. The number of hydrogen-bond donors (Lipinski definition) is 0. The molecular formula is C23H22N2O3. The maximum atomic E-state index is 12.5. The fourth-order valence-corrected chi connectivity index (χ4v) is 3.80. The minimum Gasteiger partial charge on any atom is -0.339 e. The summed E-state index contributed by atoms with van der Waals surface area (Å²) in [5, 5.41) is 0. The molecule has 2 aromatic rings. The molecule has 28 heavy (non-hydrogen) atoms. The minimum atomic E-state index is -0.263. The summed E-state index contributed by atoms with van der Waals surface area (Å²) in [5.41, 5.74) is 3.39. The van der Waals surface area contributed by atoms with Gasteiger partial charge in [-0.1, -0.05) is 48.5 Å². The van der Waals surface area contributed by atoms with Crippen LogP contribution < -0.4 is 0 Å². The van der Waals surface area contributed by atoms with Crippen molar-refractivity contribution in [1.82, 2.24) is 9.80 Å². The third kappa shape index (κ3) is 3.48. The third-order valence-corrected chi connectivity index (χ3v) is 5.36. The summed E-state index contributed by atoms with van der Waals surface area (Å²) in [6, 6.07) is 17.1. The number of hydrogen-bond acceptors (Lipinski definition) is 3. The largest absolute Gasteiger partial charge is 0.339 e. The van der Waals surface area contributed by atoms with Gasteiger partial charge in [-0.25, -0.2) is 0 Å². The van der Waals surface area contributed by atoms with E-state index < -0.39 is 0 Å². The summed E-state index contributed by atoms with van der Waals surface area (Å²) in [5.74, 6) is -0.456. The lowest BCUT2D eigenvalue weighted by Gasteiger charge is -2.27. The van der Waals surface area contributed by atoms with E-state index in [-0.39, 0.29) is 24.3 Å². The second-order valence-electron chi connectivity index (χ2n) is 7.10. The third-order valence-electron chi connectivity index (χ3n) is 5.36. The lowest BCUT2D eigenvalue weighted by molar-refractivity contribution is -0.130. The van der Waals surface area contributed by atoms with Gasteiger partial charge in [0.2, 0.25) is 5.91 Å². The Labute approximate surface area is 164 Å². The van der Waals surface area contributed by atoms with Crippen molar-refractivity contribution in [3.05, 3.63) is 77.4 Å². The highest BCUT2D eigenvalue weighted by Gasteiger charge is 2.34. The summed E-state index contributed by atoms with van der Waals surface area (Å²) in [6.45, 7) is 1.58. The van der Waals surface area contributed by atoms with Crippen LogP contribution >= 0.6 is 0 Å². The fraction of sp³-hybridized carbons (Fsp3) is 0.261. The number of rotatable bonds is 5. The molecule has 5 nitrogen and oxygen atoms in total.